The molecule has 0 N–H and O–H groups in total. The van der Waals surface area contributed by atoms with Crippen LogP contribution in [0.25, 0.3) is 6.08 Å². The summed E-state index contributed by atoms with van der Waals surface area (Å²) >= 11 is 0. The van der Waals surface area contributed by atoms with Crippen molar-refractivity contribution in [2.24, 2.45) is 0 Å². The number of hydrogen-bond donors (Lipinski definition) is 0. The van der Waals surface area contributed by atoms with Gasteiger partial charge in [0.2, 0.25) is 0 Å². The van der Waals surface area contributed by atoms with Gasteiger partial charge < -0.3 is 9.47 Å². The van der Waals surface area contributed by atoms with Gasteiger partial charge in [-0.25, -0.2) is 4.79 Å². The largest absolute Gasteiger partial charge is 0.494 e. The van der Waals surface area contributed by atoms with Crippen molar-refractivity contribution < 1.29 is 23.9 Å². The predicted octanol–water partition coefficient (Wildman–Crippen LogP) is 3.72. The minimum atomic E-state index is -0.473. The number of imide groups is 1. The molecule has 1 aliphatic rings. The van der Waals surface area contributed by atoms with Crippen molar-refractivity contribution in [1.82, 2.24) is 4.90 Å². The van der Waals surface area contributed by atoms with E-state index >= 15 is 0 Å². The number of carbonyl (C=O) groups is 3. The minimum absolute atomic E-state index is 0.125. The molecule has 2 aromatic carbocycles. The van der Waals surface area contributed by atoms with Gasteiger partial charge in [0.15, 0.2) is 0 Å². The lowest BCUT2D eigenvalue weighted by Gasteiger charge is -2.13. The molecule has 0 aromatic heterocycles. The number of hydrogen-bond acceptors (Lipinski definition) is 5. The molecule has 0 saturated carbocycles. The zero-order valence-corrected chi connectivity index (χ0v) is 16.3. The molecule has 2 aromatic rings. The van der Waals surface area contributed by atoms with Crippen LogP contribution in [0, 0.1) is 0 Å². The van der Waals surface area contributed by atoms with Gasteiger partial charge in [0.05, 0.1) is 24.3 Å². The maximum Gasteiger partial charge on any atom is 0.330 e. The fourth-order valence-corrected chi connectivity index (χ4v) is 2.95. The van der Waals surface area contributed by atoms with Crippen molar-refractivity contribution in [3.63, 3.8) is 0 Å². The second-order valence-corrected chi connectivity index (χ2v) is 6.58. The van der Waals surface area contributed by atoms with Crippen molar-refractivity contribution in [2.75, 3.05) is 19.8 Å². The van der Waals surface area contributed by atoms with Gasteiger partial charge in [0.1, 0.15) is 5.75 Å². The van der Waals surface area contributed by atoms with E-state index in [9.17, 15) is 14.4 Å². The summed E-state index contributed by atoms with van der Waals surface area (Å²) in [4.78, 5) is 37.5. The highest BCUT2D eigenvalue weighted by Crippen LogP contribution is 2.22. The molecule has 0 fully saturated rings. The Morgan fingerprint density at radius 3 is 2.24 bits per heavy atom. The maximum atomic E-state index is 12.3. The Balaban J connectivity index is 1.41. The van der Waals surface area contributed by atoms with Crippen LogP contribution in [0.1, 0.15) is 46.0 Å². The summed E-state index contributed by atoms with van der Waals surface area (Å²) in [6.07, 6.45) is 4.34. The average Bonchev–Trinajstić information content (AvgIpc) is 2.99. The molecule has 6 nitrogen and oxygen atoms in total. The van der Waals surface area contributed by atoms with Gasteiger partial charge in [-0.05, 0) is 48.7 Å². The molecular weight excluding hydrogens is 370 g/mol. The molecule has 0 atom stereocenters. The molecule has 1 heterocycles. The van der Waals surface area contributed by atoms with Crippen molar-refractivity contribution >= 4 is 23.9 Å². The van der Waals surface area contributed by atoms with E-state index < -0.39 is 5.97 Å². The van der Waals surface area contributed by atoms with Crippen molar-refractivity contribution in [3.8, 4) is 5.75 Å². The summed E-state index contributed by atoms with van der Waals surface area (Å²) < 4.78 is 10.7. The Bertz CT molecular complexity index is 882. The van der Waals surface area contributed by atoms with Crippen LogP contribution in [0.5, 0.6) is 5.75 Å². The molecular formula is C23H23NO5. The van der Waals surface area contributed by atoms with E-state index in [4.69, 9.17) is 9.47 Å². The second-order valence-electron chi connectivity index (χ2n) is 6.58. The van der Waals surface area contributed by atoms with Gasteiger partial charge in [-0.1, -0.05) is 31.2 Å². The van der Waals surface area contributed by atoms with Crippen molar-refractivity contribution in [3.05, 3.63) is 71.3 Å². The first-order chi connectivity index (χ1) is 14.1. The lowest BCUT2D eigenvalue weighted by Crippen LogP contribution is -2.31. The lowest BCUT2D eigenvalue weighted by molar-refractivity contribution is -0.137. The van der Waals surface area contributed by atoms with Gasteiger partial charge in [-0.3, -0.25) is 14.5 Å². The third kappa shape index (κ3) is 5.10. The highest BCUT2D eigenvalue weighted by molar-refractivity contribution is 6.21. The van der Waals surface area contributed by atoms with E-state index in [1.165, 1.54) is 11.0 Å². The van der Waals surface area contributed by atoms with E-state index in [-0.39, 0.29) is 25.0 Å². The molecule has 0 saturated heterocycles. The van der Waals surface area contributed by atoms with Gasteiger partial charge in [0, 0.05) is 12.6 Å². The maximum absolute atomic E-state index is 12.3. The highest BCUT2D eigenvalue weighted by Gasteiger charge is 2.34. The van der Waals surface area contributed by atoms with Gasteiger partial charge in [-0.15, -0.1) is 0 Å². The van der Waals surface area contributed by atoms with Crippen molar-refractivity contribution in [1.29, 1.82) is 0 Å². The summed E-state index contributed by atoms with van der Waals surface area (Å²) in [6, 6.07) is 14.2. The first-order valence-corrected chi connectivity index (χ1v) is 9.63. The SMILES string of the molecule is CCCOc1ccc(/C=C/C(=O)OCCCN2C(=O)c3ccccc3C2=O)cc1. The highest BCUT2D eigenvalue weighted by atomic mass is 16.5. The topological polar surface area (TPSA) is 72.9 Å². The third-order valence-electron chi connectivity index (χ3n) is 4.41. The first kappa shape index (κ1) is 20.3. The number of fused-ring (bicyclic) bond motifs is 1. The Morgan fingerprint density at radius 1 is 0.966 bits per heavy atom. The van der Waals surface area contributed by atoms with E-state index in [0.29, 0.717) is 24.2 Å². The summed E-state index contributed by atoms with van der Waals surface area (Å²) in [6.45, 7) is 3.05. The molecule has 0 bridgehead atoms. The van der Waals surface area contributed by atoms with E-state index in [1.807, 2.05) is 31.2 Å². The zero-order chi connectivity index (χ0) is 20.6. The van der Waals surface area contributed by atoms with E-state index in [0.717, 1.165) is 17.7 Å². The van der Waals surface area contributed by atoms with Gasteiger partial charge in [-0.2, -0.15) is 0 Å². The van der Waals surface area contributed by atoms with Gasteiger partial charge in [0.25, 0.3) is 11.8 Å². The van der Waals surface area contributed by atoms with Crippen molar-refractivity contribution in [2.45, 2.75) is 19.8 Å². The number of esters is 1. The quantitative estimate of drug-likeness (QED) is 0.281. The lowest BCUT2D eigenvalue weighted by atomic mass is 10.1. The number of ether oxygens (including phenoxy) is 2. The Hall–Kier alpha value is -3.41. The van der Waals surface area contributed by atoms with Crippen LogP contribution in [0.15, 0.2) is 54.6 Å². The third-order valence-corrected chi connectivity index (χ3v) is 4.41. The van der Waals surface area contributed by atoms with Crippen LogP contribution in [0.2, 0.25) is 0 Å². The smallest absolute Gasteiger partial charge is 0.330 e. The standard InChI is InChI=1S/C23H23NO5/c1-2-15-28-18-11-8-17(9-12-18)10-13-21(25)29-16-5-14-24-22(26)19-6-3-4-7-20(19)23(24)27/h3-4,6-13H,2,5,14-16H2,1H3/b13-10+. The molecule has 2 amide bonds. The predicted molar refractivity (Wildman–Crippen MR) is 109 cm³/mol. The number of nitrogens with zero attached hydrogens (tertiary/aromatic N) is 1. The molecule has 150 valence electrons. The number of amides is 2. The van der Waals surface area contributed by atoms with E-state index in [2.05, 4.69) is 0 Å². The Kier molecular flexibility index (Phi) is 6.79. The van der Waals surface area contributed by atoms with Crippen LogP contribution in [-0.4, -0.2) is 42.4 Å². The monoisotopic (exact) mass is 393 g/mol. The minimum Gasteiger partial charge on any atom is -0.494 e. The molecule has 1 aliphatic heterocycles. The summed E-state index contributed by atoms with van der Waals surface area (Å²) in [5, 5.41) is 0. The summed E-state index contributed by atoms with van der Waals surface area (Å²) in [7, 11) is 0. The fraction of sp³-hybridized carbons (Fsp3) is 0.261. The molecule has 0 aliphatic carbocycles. The molecule has 6 heteroatoms. The summed E-state index contributed by atoms with van der Waals surface area (Å²) in [5.74, 6) is -0.287. The molecule has 0 spiro atoms. The number of rotatable bonds is 9. The molecule has 0 unspecified atom stereocenters. The summed E-state index contributed by atoms with van der Waals surface area (Å²) in [5.41, 5.74) is 1.70. The Morgan fingerprint density at radius 2 is 1.62 bits per heavy atom. The van der Waals surface area contributed by atoms with Crippen LogP contribution in [-0.2, 0) is 9.53 Å². The molecule has 29 heavy (non-hydrogen) atoms. The van der Waals surface area contributed by atoms with Crippen LogP contribution in [0.3, 0.4) is 0 Å². The average molecular weight is 393 g/mol. The van der Waals surface area contributed by atoms with Crippen LogP contribution < -0.4 is 4.74 Å². The number of carbonyl (C=O) groups excluding carboxylic acids is 3. The normalized spacial score (nSPS) is 13.1. The zero-order valence-electron chi connectivity index (χ0n) is 16.3. The fourth-order valence-electron chi connectivity index (χ4n) is 2.95. The Labute approximate surface area is 169 Å². The second kappa shape index (κ2) is 9.68. The number of benzene rings is 2. The first-order valence-electron chi connectivity index (χ1n) is 9.63. The van der Waals surface area contributed by atoms with Gasteiger partial charge >= 0.3 is 5.97 Å². The van der Waals surface area contributed by atoms with Crippen LogP contribution >= 0.6 is 0 Å². The molecule has 3 rings (SSSR count). The van der Waals surface area contributed by atoms with Crippen LogP contribution in [0.4, 0.5) is 0 Å². The molecule has 0 radical (unpaired) electrons. The van der Waals surface area contributed by atoms with E-state index in [1.54, 1.807) is 30.3 Å².